The van der Waals surface area contributed by atoms with E-state index in [-0.39, 0.29) is 11.0 Å². The SMILES string of the molecule is CCN(CC)Cc1ccc(NC(=S)NC(=O)c2ccc(Cl)cc2)cc1. The lowest BCUT2D eigenvalue weighted by Crippen LogP contribution is -2.34. The number of nitrogens with zero attached hydrogens (tertiary/aromatic N) is 1. The van der Waals surface area contributed by atoms with Crippen LogP contribution >= 0.6 is 23.8 Å². The summed E-state index contributed by atoms with van der Waals surface area (Å²) >= 11 is 11.0. The minimum Gasteiger partial charge on any atom is -0.332 e. The van der Waals surface area contributed by atoms with Crippen molar-refractivity contribution in [3.63, 3.8) is 0 Å². The molecule has 2 rings (SSSR count). The van der Waals surface area contributed by atoms with E-state index >= 15 is 0 Å². The van der Waals surface area contributed by atoms with Crippen molar-refractivity contribution in [3.05, 3.63) is 64.7 Å². The molecule has 0 aliphatic rings. The van der Waals surface area contributed by atoms with Crippen LogP contribution in [0.5, 0.6) is 0 Å². The minimum atomic E-state index is -0.271. The molecular formula is C19H22ClN3OS. The number of halogens is 1. The molecule has 0 atom stereocenters. The highest BCUT2D eigenvalue weighted by Crippen LogP contribution is 2.12. The molecule has 4 nitrogen and oxygen atoms in total. The van der Waals surface area contributed by atoms with Gasteiger partial charge < -0.3 is 5.32 Å². The lowest BCUT2D eigenvalue weighted by atomic mass is 10.2. The molecule has 132 valence electrons. The summed E-state index contributed by atoms with van der Waals surface area (Å²) in [6.45, 7) is 7.28. The normalized spacial score (nSPS) is 10.6. The van der Waals surface area contributed by atoms with E-state index in [0.29, 0.717) is 10.6 Å². The van der Waals surface area contributed by atoms with Crippen LogP contribution in [0.2, 0.25) is 5.02 Å². The van der Waals surface area contributed by atoms with Crippen LogP contribution in [-0.2, 0) is 6.54 Å². The van der Waals surface area contributed by atoms with Gasteiger partial charge in [0.1, 0.15) is 0 Å². The number of rotatable bonds is 6. The molecule has 2 N–H and O–H groups in total. The number of anilines is 1. The highest BCUT2D eigenvalue weighted by molar-refractivity contribution is 7.80. The molecule has 0 unspecified atom stereocenters. The molecule has 0 aliphatic carbocycles. The van der Waals surface area contributed by atoms with E-state index in [4.69, 9.17) is 23.8 Å². The Balaban J connectivity index is 1.89. The van der Waals surface area contributed by atoms with Gasteiger partial charge in [0.2, 0.25) is 0 Å². The first kappa shape index (κ1) is 19.4. The second-order valence-electron chi connectivity index (χ2n) is 5.57. The van der Waals surface area contributed by atoms with Crippen LogP contribution in [0.3, 0.4) is 0 Å². The Bertz CT molecular complexity index is 712. The average molecular weight is 376 g/mol. The second kappa shape index (κ2) is 9.51. The molecule has 0 heterocycles. The first-order valence-corrected chi connectivity index (χ1v) is 8.99. The fourth-order valence-electron chi connectivity index (χ4n) is 2.34. The third kappa shape index (κ3) is 6.12. The Morgan fingerprint density at radius 3 is 2.20 bits per heavy atom. The fraction of sp³-hybridized carbons (Fsp3) is 0.263. The van der Waals surface area contributed by atoms with Crippen molar-refractivity contribution in [1.82, 2.24) is 10.2 Å². The minimum absolute atomic E-state index is 0.261. The third-order valence-corrected chi connectivity index (χ3v) is 4.30. The van der Waals surface area contributed by atoms with Crippen molar-refractivity contribution in [2.24, 2.45) is 0 Å². The van der Waals surface area contributed by atoms with Crippen molar-refractivity contribution in [2.75, 3.05) is 18.4 Å². The smallest absolute Gasteiger partial charge is 0.257 e. The maximum absolute atomic E-state index is 12.1. The summed E-state index contributed by atoms with van der Waals surface area (Å²) < 4.78 is 0. The maximum atomic E-state index is 12.1. The number of hydrogen-bond donors (Lipinski definition) is 2. The molecule has 2 aromatic rings. The zero-order valence-electron chi connectivity index (χ0n) is 14.4. The molecule has 1 amide bonds. The van der Waals surface area contributed by atoms with Crippen LogP contribution in [-0.4, -0.2) is 29.0 Å². The van der Waals surface area contributed by atoms with E-state index in [1.165, 1.54) is 5.56 Å². The van der Waals surface area contributed by atoms with Crippen LogP contribution in [0, 0.1) is 0 Å². The maximum Gasteiger partial charge on any atom is 0.257 e. The molecule has 0 radical (unpaired) electrons. The molecular weight excluding hydrogens is 354 g/mol. The van der Waals surface area contributed by atoms with E-state index in [9.17, 15) is 4.79 Å². The number of amides is 1. The zero-order chi connectivity index (χ0) is 18.2. The van der Waals surface area contributed by atoms with Gasteiger partial charge in [-0.3, -0.25) is 15.0 Å². The Hall–Kier alpha value is -1.95. The van der Waals surface area contributed by atoms with Gasteiger partial charge in [0.15, 0.2) is 5.11 Å². The standard InChI is InChI=1S/C19H22ClN3OS/c1-3-23(4-2)13-14-5-11-17(12-6-14)21-19(25)22-18(24)15-7-9-16(20)10-8-15/h5-12H,3-4,13H2,1-2H3,(H2,21,22,24,25). The highest BCUT2D eigenvalue weighted by atomic mass is 35.5. The van der Waals surface area contributed by atoms with Gasteiger partial charge in [-0.15, -0.1) is 0 Å². The van der Waals surface area contributed by atoms with Gasteiger partial charge in [-0.2, -0.15) is 0 Å². The largest absolute Gasteiger partial charge is 0.332 e. The predicted molar refractivity (Wildman–Crippen MR) is 108 cm³/mol. The molecule has 0 spiro atoms. The van der Waals surface area contributed by atoms with E-state index in [0.717, 1.165) is 25.3 Å². The van der Waals surface area contributed by atoms with Gasteiger partial charge in [0, 0.05) is 22.8 Å². The Morgan fingerprint density at radius 2 is 1.64 bits per heavy atom. The molecule has 2 aromatic carbocycles. The summed E-state index contributed by atoms with van der Waals surface area (Å²) in [5.41, 5.74) is 2.58. The molecule has 0 saturated heterocycles. The topological polar surface area (TPSA) is 44.4 Å². The Kier molecular flexibility index (Phi) is 7.37. The summed E-state index contributed by atoms with van der Waals surface area (Å²) in [6, 6.07) is 14.7. The van der Waals surface area contributed by atoms with Gasteiger partial charge in [-0.05, 0) is 67.3 Å². The number of thiocarbonyl (C=S) groups is 1. The first-order valence-electron chi connectivity index (χ1n) is 8.21. The summed E-state index contributed by atoms with van der Waals surface area (Å²) in [5, 5.41) is 6.53. The molecule has 0 aliphatic heterocycles. The van der Waals surface area contributed by atoms with Gasteiger partial charge in [0.05, 0.1) is 0 Å². The fourth-order valence-corrected chi connectivity index (χ4v) is 2.67. The van der Waals surface area contributed by atoms with Gasteiger partial charge in [-0.25, -0.2) is 0 Å². The predicted octanol–water partition coefficient (Wildman–Crippen LogP) is 4.31. The van der Waals surface area contributed by atoms with Crippen LogP contribution in [0.4, 0.5) is 5.69 Å². The number of hydrogen-bond acceptors (Lipinski definition) is 3. The van der Waals surface area contributed by atoms with Crippen molar-refractivity contribution in [2.45, 2.75) is 20.4 Å². The molecule has 0 fully saturated rings. The number of carbonyl (C=O) groups is 1. The van der Waals surface area contributed by atoms with E-state index in [1.807, 2.05) is 12.1 Å². The molecule has 0 aromatic heterocycles. The quantitative estimate of drug-likeness (QED) is 0.738. The summed E-state index contributed by atoms with van der Waals surface area (Å²) in [4.78, 5) is 14.5. The second-order valence-corrected chi connectivity index (χ2v) is 6.42. The van der Waals surface area contributed by atoms with Crippen LogP contribution in [0.1, 0.15) is 29.8 Å². The molecule has 0 bridgehead atoms. The Morgan fingerprint density at radius 1 is 1.04 bits per heavy atom. The molecule has 25 heavy (non-hydrogen) atoms. The van der Waals surface area contributed by atoms with Crippen LogP contribution in [0.25, 0.3) is 0 Å². The lowest BCUT2D eigenvalue weighted by Gasteiger charge is -2.18. The molecule has 6 heteroatoms. The lowest BCUT2D eigenvalue weighted by molar-refractivity contribution is 0.0978. The van der Waals surface area contributed by atoms with E-state index in [2.05, 4.69) is 41.5 Å². The Labute approximate surface area is 159 Å². The first-order chi connectivity index (χ1) is 12.0. The zero-order valence-corrected chi connectivity index (χ0v) is 16.0. The van der Waals surface area contributed by atoms with Crippen molar-refractivity contribution >= 4 is 40.5 Å². The van der Waals surface area contributed by atoms with Crippen LogP contribution < -0.4 is 10.6 Å². The van der Waals surface area contributed by atoms with Crippen LogP contribution in [0.15, 0.2) is 48.5 Å². The van der Waals surface area contributed by atoms with Crippen molar-refractivity contribution < 1.29 is 4.79 Å². The van der Waals surface area contributed by atoms with Gasteiger partial charge in [-0.1, -0.05) is 37.6 Å². The number of nitrogens with one attached hydrogen (secondary N) is 2. The summed E-state index contributed by atoms with van der Waals surface area (Å²) in [6.07, 6.45) is 0. The third-order valence-electron chi connectivity index (χ3n) is 3.85. The number of carbonyl (C=O) groups excluding carboxylic acids is 1. The monoisotopic (exact) mass is 375 g/mol. The molecule has 0 saturated carbocycles. The van der Waals surface area contributed by atoms with Crippen molar-refractivity contribution in [3.8, 4) is 0 Å². The van der Waals surface area contributed by atoms with Crippen molar-refractivity contribution in [1.29, 1.82) is 0 Å². The average Bonchev–Trinajstić information content (AvgIpc) is 2.61. The summed E-state index contributed by atoms with van der Waals surface area (Å²) in [7, 11) is 0. The highest BCUT2D eigenvalue weighted by Gasteiger charge is 2.08. The van der Waals surface area contributed by atoms with E-state index < -0.39 is 0 Å². The van der Waals surface area contributed by atoms with Gasteiger partial charge in [0.25, 0.3) is 5.91 Å². The summed E-state index contributed by atoms with van der Waals surface area (Å²) in [5.74, 6) is -0.271. The van der Waals surface area contributed by atoms with E-state index in [1.54, 1.807) is 24.3 Å². The number of benzene rings is 2. The van der Waals surface area contributed by atoms with Gasteiger partial charge >= 0.3 is 0 Å².